The van der Waals surface area contributed by atoms with E-state index in [2.05, 4.69) is 39.4 Å². The summed E-state index contributed by atoms with van der Waals surface area (Å²) in [5.74, 6) is 3.05. The zero-order valence-electron chi connectivity index (χ0n) is 15.8. The number of hydrogen-bond donors (Lipinski definition) is 0. The molecule has 0 aliphatic carbocycles. The summed E-state index contributed by atoms with van der Waals surface area (Å²) in [5, 5.41) is 13.4. The summed E-state index contributed by atoms with van der Waals surface area (Å²) in [6.07, 6.45) is 0. The third-order valence-electron chi connectivity index (χ3n) is 4.20. The molecule has 0 bridgehead atoms. The smallest absolute Gasteiger partial charge is 0.237 e. The van der Waals surface area contributed by atoms with Crippen molar-refractivity contribution >= 4 is 11.8 Å². The highest BCUT2D eigenvalue weighted by molar-refractivity contribution is 7.98. The Balaban J connectivity index is 1.55. The molecule has 4 aromatic rings. The molecule has 2 aromatic carbocycles. The third kappa shape index (κ3) is 3.63. The summed E-state index contributed by atoms with van der Waals surface area (Å²) in [5.41, 5.74) is 3.01. The SMILES string of the molecule is COc1ccccc1-c1noc(CSc2nnc(C)n2-c2cccc(C)c2)n1. The molecule has 0 N–H and O–H groups in total. The Bertz CT molecular complexity index is 1110. The molecule has 0 saturated carbocycles. The summed E-state index contributed by atoms with van der Waals surface area (Å²) in [6, 6.07) is 15.8. The number of rotatable bonds is 6. The van der Waals surface area contributed by atoms with Crippen LogP contribution in [0.15, 0.2) is 58.2 Å². The van der Waals surface area contributed by atoms with Crippen LogP contribution in [-0.4, -0.2) is 32.0 Å². The quantitative estimate of drug-likeness (QED) is 0.453. The fraction of sp³-hybridized carbons (Fsp3) is 0.200. The van der Waals surface area contributed by atoms with Crippen LogP contribution < -0.4 is 4.74 Å². The number of para-hydroxylation sites is 1. The van der Waals surface area contributed by atoms with Crippen molar-refractivity contribution in [3.8, 4) is 22.8 Å². The van der Waals surface area contributed by atoms with Crippen LogP contribution in [-0.2, 0) is 5.75 Å². The van der Waals surface area contributed by atoms with E-state index < -0.39 is 0 Å². The van der Waals surface area contributed by atoms with E-state index in [4.69, 9.17) is 9.26 Å². The van der Waals surface area contributed by atoms with Gasteiger partial charge in [0.25, 0.3) is 0 Å². The number of ether oxygens (including phenoxy) is 1. The van der Waals surface area contributed by atoms with Crippen LogP contribution in [0.3, 0.4) is 0 Å². The molecule has 0 aliphatic rings. The van der Waals surface area contributed by atoms with Crippen LogP contribution in [0, 0.1) is 13.8 Å². The van der Waals surface area contributed by atoms with E-state index in [1.54, 1.807) is 7.11 Å². The van der Waals surface area contributed by atoms with E-state index in [0.29, 0.717) is 23.2 Å². The summed E-state index contributed by atoms with van der Waals surface area (Å²) in [7, 11) is 1.62. The van der Waals surface area contributed by atoms with Gasteiger partial charge < -0.3 is 9.26 Å². The van der Waals surface area contributed by atoms with Crippen molar-refractivity contribution in [2.75, 3.05) is 7.11 Å². The fourth-order valence-corrected chi connectivity index (χ4v) is 3.71. The van der Waals surface area contributed by atoms with Crippen molar-refractivity contribution in [1.29, 1.82) is 0 Å². The van der Waals surface area contributed by atoms with Crippen molar-refractivity contribution < 1.29 is 9.26 Å². The number of methoxy groups -OCH3 is 1. The summed E-state index contributed by atoms with van der Waals surface area (Å²) in [4.78, 5) is 4.49. The molecule has 28 heavy (non-hydrogen) atoms. The first-order valence-corrected chi connectivity index (χ1v) is 9.72. The maximum absolute atomic E-state index is 5.42. The number of aryl methyl sites for hydroxylation is 2. The predicted molar refractivity (Wildman–Crippen MR) is 107 cm³/mol. The van der Waals surface area contributed by atoms with Crippen LogP contribution in [0.25, 0.3) is 17.1 Å². The molecule has 8 heteroatoms. The number of nitrogens with zero attached hydrogens (tertiary/aromatic N) is 5. The van der Waals surface area contributed by atoms with E-state index in [0.717, 1.165) is 22.2 Å². The van der Waals surface area contributed by atoms with Crippen LogP contribution in [0.4, 0.5) is 0 Å². The van der Waals surface area contributed by atoms with Gasteiger partial charge in [-0.05, 0) is 43.7 Å². The van der Waals surface area contributed by atoms with E-state index >= 15 is 0 Å². The molecular formula is C20H19N5O2S. The first-order chi connectivity index (χ1) is 13.7. The Morgan fingerprint density at radius 2 is 1.93 bits per heavy atom. The van der Waals surface area contributed by atoms with Gasteiger partial charge in [0.15, 0.2) is 5.16 Å². The Morgan fingerprint density at radius 1 is 1.07 bits per heavy atom. The van der Waals surface area contributed by atoms with Gasteiger partial charge in [0, 0.05) is 5.69 Å². The monoisotopic (exact) mass is 393 g/mol. The van der Waals surface area contributed by atoms with Crippen LogP contribution in [0.2, 0.25) is 0 Å². The van der Waals surface area contributed by atoms with Crippen molar-refractivity contribution in [3.05, 3.63) is 65.8 Å². The average molecular weight is 393 g/mol. The van der Waals surface area contributed by atoms with Gasteiger partial charge in [-0.15, -0.1) is 10.2 Å². The molecule has 0 atom stereocenters. The molecule has 142 valence electrons. The molecule has 0 aliphatic heterocycles. The van der Waals surface area contributed by atoms with Crippen molar-refractivity contribution in [3.63, 3.8) is 0 Å². The third-order valence-corrected chi connectivity index (χ3v) is 5.11. The molecule has 2 aromatic heterocycles. The lowest BCUT2D eigenvalue weighted by Crippen LogP contribution is -1.99. The average Bonchev–Trinajstić information content (AvgIpc) is 3.33. The summed E-state index contributed by atoms with van der Waals surface area (Å²) >= 11 is 1.50. The second-order valence-electron chi connectivity index (χ2n) is 6.20. The first kappa shape index (κ1) is 18.2. The van der Waals surface area contributed by atoms with Gasteiger partial charge in [-0.2, -0.15) is 4.98 Å². The van der Waals surface area contributed by atoms with E-state index in [-0.39, 0.29) is 0 Å². The van der Waals surface area contributed by atoms with Gasteiger partial charge in [0.05, 0.1) is 18.4 Å². The van der Waals surface area contributed by atoms with E-state index in [1.807, 2.05) is 47.9 Å². The fourth-order valence-electron chi connectivity index (χ4n) is 2.88. The van der Waals surface area contributed by atoms with Crippen LogP contribution >= 0.6 is 11.8 Å². The van der Waals surface area contributed by atoms with Crippen molar-refractivity contribution in [1.82, 2.24) is 24.9 Å². The lowest BCUT2D eigenvalue weighted by molar-refractivity contribution is 0.390. The molecule has 7 nitrogen and oxygen atoms in total. The highest BCUT2D eigenvalue weighted by Crippen LogP contribution is 2.29. The molecular weight excluding hydrogens is 374 g/mol. The molecule has 2 heterocycles. The molecule has 4 rings (SSSR count). The van der Waals surface area contributed by atoms with Crippen LogP contribution in [0.5, 0.6) is 5.75 Å². The second-order valence-corrected chi connectivity index (χ2v) is 7.15. The van der Waals surface area contributed by atoms with Gasteiger partial charge >= 0.3 is 0 Å². The molecule has 0 saturated heterocycles. The standard InChI is InChI=1S/C20H19N5O2S/c1-13-7-6-8-15(11-13)25-14(2)22-23-20(25)28-12-18-21-19(24-27-18)16-9-4-5-10-17(16)26-3/h4-11H,12H2,1-3H3. The number of benzene rings is 2. The molecule has 0 fully saturated rings. The van der Waals surface area contributed by atoms with Crippen molar-refractivity contribution in [2.45, 2.75) is 24.8 Å². The largest absolute Gasteiger partial charge is 0.496 e. The maximum atomic E-state index is 5.42. The number of aromatic nitrogens is 5. The zero-order chi connectivity index (χ0) is 19.5. The first-order valence-electron chi connectivity index (χ1n) is 8.73. The zero-order valence-corrected chi connectivity index (χ0v) is 16.6. The Morgan fingerprint density at radius 3 is 2.75 bits per heavy atom. The Hall–Kier alpha value is -3.13. The minimum absolute atomic E-state index is 0.492. The highest BCUT2D eigenvalue weighted by Gasteiger charge is 2.16. The van der Waals surface area contributed by atoms with Gasteiger partial charge in [-0.1, -0.05) is 41.2 Å². The van der Waals surface area contributed by atoms with E-state index in [9.17, 15) is 0 Å². The Kier molecular flexibility index (Phi) is 5.12. The lowest BCUT2D eigenvalue weighted by atomic mass is 10.2. The number of hydrogen-bond acceptors (Lipinski definition) is 7. The van der Waals surface area contributed by atoms with Gasteiger partial charge in [-0.25, -0.2) is 0 Å². The topological polar surface area (TPSA) is 78.9 Å². The van der Waals surface area contributed by atoms with Gasteiger partial charge in [-0.3, -0.25) is 4.57 Å². The Labute approximate surface area is 166 Å². The molecule has 0 amide bonds. The van der Waals surface area contributed by atoms with Gasteiger partial charge in [0.1, 0.15) is 11.6 Å². The minimum atomic E-state index is 0.492. The van der Waals surface area contributed by atoms with Gasteiger partial charge in [0.2, 0.25) is 11.7 Å². The summed E-state index contributed by atoms with van der Waals surface area (Å²) in [6.45, 7) is 4.00. The van der Waals surface area contributed by atoms with E-state index in [1.165, 1.54) is 17.3 Å². The number of thioether (sulfide) groups is 1. The molecule has 0 unspecified atom stereocenters. The second kappa shape index (κ2) is 7.85. The molecule has 0 spiro atoms. The minimum Gasteiger partial charge on any atom is -0.496 e. The lowest BCUT2D eigenvalue weighted by Gasteiger charge is -2.08. The maximum Gasteiger partial charge on any atom is 0.237 e. The highest BCUT2D eigenvalue weighted by atomic mass is 32.2. The van der Waals surface area contributed by atoms with Crippen LogP contribution in [0.1, 0.15) is 17.3 Å². The molecule has 0 radical (unpaired) electrons. The predicted octanol–water partition coefficient (Wildman–Crippen LogP) is 4.24. The van der Waals surface area contributed by atoms with Crippen molar-refractivity contribution in [2.24, 2.45) is 0 Å². The normalized spacial score (nSPS) is 11.0. The summed E-state index contributed by atoms with van der Waals surface area (Å²) < 4.78 is 12.8.